The first-order chi connectivity index (χ1) is 14.4. The fraction of sp³-hybridized carbons (Fsp3) is 0.350. The Hall–Kier alpha value is -3.08. The van der Waals surface area contributed by atoms with Crippen LogP contribution in [0.15, 0.2) is 32.8 Å². The molecule has 1 aromatic carbocycles. The Kier molecular flexibility index (Phi) is 5.99. The van der Waals surface area contributed by atoms with Crippen LogP contribution in [0.4, 0.5) is 14.5 Å². The minimum Gasteiger partial charge on any atom is -0.325 e. The predicted molar refractivity (Wildman–Crippen MR) is 114 cm³/mol. The molecule has 2 aromatic heterocycles. The number of carbonyl (C=O) groups is 1. The number of benzene rings is 1. The second-order valence-corrected chi connectivity index (χ2v) is 8.94. The van der Waals surface area contributed by atoms with Crippen LogP contribution >= 0.6 is 11.8 Å². The Morgan fingerprint density at radius 3 is 2.39 bits per heavy atom. The van der Waals surface area contributed by atoms with Gasteiger partial charge in [-0.25, -0.2) is 23.5 Å². The molecule has 0 unspecified atom stereocenters. The van der Waals surface area contributed by atoms with E-state index in [4.69, 9.17) is 0 Å². The summed E-state index contributed by atoms with van der Waals surface area (Å²) in [5.41, 5.74) is -1.29. The maximum atomic E-state index is 13.4. The van der Waals surface area contributed by atoms with Crippen molar-refractivity contribution in [3.8, 4) is 0 Å². The fourth-order valence-corrected chi connectivity index (χ4v) is 3.59. The molecule has 11 heteroatoms. The highest BCUT2D eigenvalue weighted by molar-refractivity contribution is 8.00. The van der Waals surface area contributed by atoms with Crippen LogP contribution in [0.2, 0.25) is 0 Å². The zero-order valence-electron chi connectivity index (χ0n) is 17.6. The van der Waals surface area contributed by atoms with E-state index in [1.165, 1.54) is 24.7 Å². The van der Waals surface area contributed by atoms with Gasteiger partial charge in [-0.3, -0.25) is 18.7 Å². The summed E-state index contributed by atoms with van der Waals surface area (Å²) >= 11 is 0.993. The van der Waals surface area contributed by atoms with E-state index in [9.17, 15) is 23.2 Å². The second kappa shape index (κ2) is 8.22. The van der Waals surface area contributed by atoms with Gasteiger partial charge in [-0.1, -0.05) is 32.5 Å². The van der Waals surface area contributed by atoms with Gasteiger partial charge in [-0.2, -0.15) is 0 Å². The number of halogens is 2. The number of thioether (sulfide) groups is 1. The first-order valence-corrected chi connectivity index (χ1v) is 10.2. The lowest BCUT2D eigenvalue weighted by atomic mass is 9.96. The van der Waals surface area contributed by atoms with Crippen molar-refractivity contribution in [3.63, 3.8) is 0 Å². The molecule has 0 saturated heterocycles. The van der Waals surface area contributed by atoms with Crippen LogP contribution in [0.25, 0.3) is 11.0 Å². The number of rotatable bonds is 4. The van der Waals surface area contributed by atoms with Gasteiger partial charge < -0.3 is 5.32 Å². The van der Waals surface area contributed by atoms with Crippen molar-refractivity contribution in [2.45, 2.75) is 31.2 Å². The molecule has 0 atom stereocenters. The molecule has 0 saturated carbocycles. The lowest BCUT2D eigenvalue weighted by Gasteiger charge is -2.19. The van der Waals surface area contributed by atoms with Crippen molar-refractivity contribution in [1.82, 2.24) is 19.1 Å². The molecule has 1 amide bonds. The Bertz CT molecular complexity index is 1310. The Balaban J connectivity index is 2.00. The molecule has 164 valence electrons. The normalized spacial score (nSPS) is 11.7. The molecule has 1 N–H and O–H groups in total. The lowest BCUT2D eigenvalue weighted by molar-refractivity contribution is -0.113. The fourth-order valence-electron chi connectivity index (χ4n) is 2.77. The monoisotopic (exact) mass is 449 g/mol. The third-order valence-corrected chi connectivity index (χ3v) is 5.46. The van der Waals surface area contributed by atoms with Gasteiger partial charge in [0, 0.05) is 31.3 Å². The van der Waals surface area contributed by atoms with E-state index in [2.05, 4.69) is 15.3 Å². The standard InChI is InChI=1S/C20H21F2N5O3S/c1-20(2,3)18-24-15-14(17(29)27(5)19(30)26(15)4)16(25-18)31-9-13(28)23-10-6-7-11(21)12(22)8-10/h6-8H,9H2,1-5H3,(H,23,28). The van der Waals surface area contributed by atoms with Crippen molar-refractivity contribution in [2.24, 2.45) is 14.1 Å². The number of hydrogen-bond donors (Lipinski definition) is 1. The number of amides is 1. The van der Waals surface area contributed by atoms with Gasteiger partial charge >= 0.3 is 5.69 Å². The molecule has 0 spiro atoms. The van der Waals surface area contributed by atoms with Crippen molar-refractivity contribution in [1.29, 1.82) is 0 Å². The van der Waals surface area contributed by atoms with Crippen molar-refractivity contribution in [3.05, 3.63) is 56.5 Å². The second-order valence-electron chi connectivity index (χ2n) is 7.97. The number of anilines is 1. The zero-order chi connectivity index (χ0) is 23.1. The molecule has 0 aliphatic heterocycles. The van der Waals surface area contributed by atoms with E-state index in [1.807, 2.05) is 20.8 Å². The number of hydrogen-bond acceptors (Lipinski definition) is 6. The quantitative estimate of drug-likeness (QED) is 0.485. The lowest BCUT2D eigenvalue weighted by Crippen LogP contribution is -2.38. The summed E-state index contributed by atoms with van der Waals surface area (Å²) in [7, 11) is 2.86. The van der Waals surface area contributed by atoms with Gasteiger partial charge in [-0.15, -0.1) is 0 Å². The van der Waals surface area contributed by atoms with Crippen molar-refractivity contribution in [2.75, 3.05) is 11.1 Å². The Morgan fingerprint density at radius 1 is 1.10 bits per heavy atom. The summed E-state index contributed by atoms with van der Waals surface area (Å²) in [6, 6.07) is 3.03. The molecule has 0 aliphatic carbocycles. The third kappa shape index (κ3) is 4.50. The summed E-state index contributed by atoms with van der Waals surface area (Å²) in [4.78, 5) is 46.4. The van der Waals surface area contributed by atoms with Crippen LogP contribution < -0.4 is 16.6 Å². The average Bonchev–Trinajstić information content (AvgIpc) is 2.70. The van der Waals surface area contributed by atoms with Crippen molar-refractivity contribution >= 4 is 34.4 Å². The summed E-state index contributed by atoms with van der Waals surface area (Å²) in [6.07, 6.45) is 0. The smallest absolute Gasteiger partial charge is 0.325 e. The van der Waals surface area contributed by atoms with Gasteiger partial charge in [0.25, 0.3) is 5.56 Å². The third-order valence-electron chi connectivity index (χ3n) is 4.48. The van der Waals surface area contributed by atoms with Crippen LogP contribution in [0.1, 0.15) is 26.6 Å². The molecule has 3 rings (SSSR count). The van der Waals surface area contributed by atoms with Crippen LogP contribution in [-0.4, -0.2) is 30.8 Å². The highest BCUT2D eigenvalue weighted by Gasteiger charge is 2.24. The minimum absolute atomic E-state index is 0.103. The van der Waals surface area contributed by atoms with E-state index in [-0.39, 0.29) is 27.5 Å². The summed E-state index contributed by atoms with van der Waals surface area (Å²) in [6.45, 7) is 5.66. The highest BCUT2D eigenvalue weighted by Crippen LogP contribution is 2.27. The Morgan fingerprint density at radius 2 is 1.77 bits per heavy atom. The average molecular weight is 449 g/mol. The van der Waals surface area contributed by atoms with Gasteiger partial charge in [0.1, 0.15) is 16.2 Å². The molecule has 2 heterocycles. The van der Waals surface area contributed by atoms with E-state index in [0.29, 0.717) is 5.82 Å². The number of nitrogens with one attached hydrogen (secondary N) is 1. The van der Waals surface area contributed by atoms with Gasteiger partial charge in [0.05, 0.1) is 5.75 Å². The Labute approximate surface area is 180 Å². The SMILES string of the molecule is Cn1c(=O)c2c(SCC(=O)Nc3ccc(F)c(F)c3)nc(C(C)(C)C)nc2n(C)c1=O. The van der Waals surface area contributed by atoms with Crippen LogP contribution in [0.3, 0.4) is 0 Å². The van der Waals surface area contributed by atoms with E-state index >= 15 is 0 Å². The van der Waals surface area contributed by atoms with Crippen LogP contribution in [0.5, 0.6) is 0 Å². The van der Waals surface area contributed by atoms with E-state index < -0.39 is 34.2 Å². The molecule has 31 heavy (non-hydrogen) atoms. The summed E-state index contributed by atoms with van der Waals surface area (Å²) in [5.74, 6) is -2.34. The molecule has 0 radical (unpaired) electrons. The van der Waals surface area contributed by atoms with Crippen LogP contribution in [0, 0.1) is 11.6 Å². The maximum Gasteiger partial charge on any atom is 0.332 e. The molecule has 0 aliphatic rings. The zero-order valence-corrected chi connectivity index (χ0v) is 18.4. The number of aromatic nitrogens is 4. The van der Waals surface area contributed by atoms with E-state index in [0.717, 1.165) is 28.5 Å². The number of aryl methyl sites for hydroxylation is 1. The number of carbonyl (C=O) groups excluding carboxylic acids is 1. The highest BCUT2D eigenvalue weighted by atomic mass is 32.2. The van der Waals surface area contributed by atoms with Crippen molar-refractivity contribution < 1.29 is 13.6 Å². The molecule has 0 fully saturated rings. The maximum absolute atomic E-state index is 13.4. The molecular formula is C20H21F2N5O3S. The topological polar surface area (TPSA) is 98.9 Å². The van der Waals surface area contributed by atoms with Gasteiger partial charge in [0.15, 0.2) is 17.3 Å². The first-order valence-electron chi connectivity index (χ1n) is 9.26. The van der Waals surface area contributed by atoms with Crippen LogP contribution in [-0.2, 0) is 24.3 Å². The summed E-state index contributed by atoms with van der Waals surface area (Å²) in [5, 5.41) is 2.86. The van der Waals surface area contributed by atoms with Gasteiger partial charge in [-0.05, 0) is 12.1 Å². The largest absolute Gasteiger partial charge is 0.332 e. The molecular weight excluding hydrogens is 428 g/mol. The minimum atomic E-state index is -1.08. The van der Waals surface area contributed by atoms with Gasteiger partial charge in [0.2, 0.25) is 5.91 Å². The van der Waals surface area contributed by atoms with E-state index in [1.54, 1.807) is 0 Å². The predicted octanol–water partition coefficient (Wildman–Crippen LogP) is 2.33. The molecule has 8 nitrogen and oxygen atoms in total. The first kappa shape index (κ1) is 22.6. The number of fused-ring (bicyclic) bond motifs is 1. The summed E-state index contributed by atoms with van der Waals surface area (Å²) < 4.78 is 28.6. The molecule has 3 aromatic rings. The molecule has 0 bridgehead atoms. The number of nitrogens with zero attached hydrogens (tertiary/aromatic N) is 4.